The van der Waals surface area contributed by atoms with Crippen LogP contribution in [0.2, 0.25) is 0 Å². The summed E-state index contributed by atoms with van der Waals surface area (Å²) in [6, 6.07) is 12.4. The predicted molar refractivity (Wildman–Crippen MR) is 125 cm³/mol. The van der Waals surface area contributed by atoms with Crippen molar-refractivity contribution in [2.75, 3.05) is 0 Å². The number of para-hydroxylation sites is 1. The van der Waals surface area contributed by atoms with Crippen LogP contribution in [0.5, 0.6) is 0 Å². The van der Waals surface area contributed by atoms with Crippen molar-refractivity contribution < 1.29 is 27.9 Å². The smallest absolute Gasteiger partial charge is 0.416 e. The van der Waals surface area contributed by atoms with Gasteiger partial charge in [0.05, 0.1) is 22.2 Å². The molecule has 2 aliphatic rings. The van der Waals surface area contributed by atoms with E-state index in [1.165, 1.54) is 12.1 Å². The van der Waals surface area contributed by atoms with Crippen molar-refractivity contribution in [2.24, 2.45) is 17.3 Å². The lowest BCUT2D eigenvalue weighted by molar-refractivity contribution is -0.138. The number of alkyl halides is 3. The molecule has 0 spiro atoms. The summed E-state index contributed by atoms with van der Waals surface area (Å²) in [5, 5.41) is 13.2. The molecular formula is C27H27F3N2O3. The highest BCUT2D eigenvalue weighted by atomic mass is 19.4. The van der Waals surface area contributed by atoms with E-state index in [2.05, 4.69) is 19.2 Å². The van der Waals surface area contributed by atoms with E-state index >= 15 is 0 Å². The fourth-order valence-electron chi connectivity index (χ4n) is 6.19. The van der Waals surface area contributed by atoms with Crippen LogP contribution in [0.15, 0.2) is 54.7 Å². The van der Waals surface area contributed by atoms with Crippen LogP contribution in [0, 0.1) is 17.3 Å². The number of hydrogen-bond donors (Lipinski definition) is 2. The number of nitrogens with one attached hydrogen (secondary N) is 1. The summed E-state index contributed by atoms with van der Waals surface area (Å²) < 4.78 is 40.6. The van der Waals surface area contributed by atoms with Crippen molar-refractivity contribution in [2.45, 2.75) is 51.4 Å². The maximum atomic E-state index is 13.4. The Bertz CT molecular complexity index is 1310. The zero-order valence-electron chi connectivity index (χ0n) is 19.5. The molecule has 8 heteroatoms. The van der Waals surface area contributed by atoms with E-state index in [4.69, 9.17) is 5.11 Å². The molecule has 0 bridgehead atoms. The van der Waals surface area contributed by atoms with E-state index < -0.39 is 17.7 Å². The molecule has 2 aromatic carbocycles. The van der Waals surface area contributed by atoms with Gasteiger partial charge in [-0.3, -0.25) is 9.59 Å². The van der Waals surface area contributed by atoms with Gasteiger partial charge in [-0.2, -0.15) is 13.2 Å². The number of halogens is 3. The van der Waals surface area contributed by atoms with Gasteiger partial charge in [0, 0.05) is 30.0 Å². The standard InChI is InChI=1S/C27H27F3N2O3/c1-16(6-11-22(33)34)25-15-26(25,17(25)2)31-24(35)21-5-3-4-19-12-13-32(23(19)21)14-18-7-9-20(10-8-18)27(28,29)30/h3-5,7-10,12-13,16-17H,6,11,14-15H2,1-2H3,(H,31,35)(H,33,34)/t16-,17-,25+,26?/m0/s1. The van der Waals surface area contributed by atoms with Crippen molar-refractivity contribution in [3.8, 4) is 0 Å². The SMILES string of the molecule is C[C@@H]1C2(NC(=O)c3cccc4ccn(Cc5ccc(C(F)(F)F)cc5)c34)C[C@@]12[C@@H](C)CCC(=O)O. The summed E-state index contributed by atoms with van der Waals surface area (Å²) in [7, 11) is 0. The Morgan fingerprint density at radius 2 is 1.89 bits per heavy atom. The number of rotatable bonds is 8. The van der Waals surface area contributed by atoms with Crippen LogP contribution in [0.1, 0.15) is 54.6 Å². The number of carbonyl (C=O) groups excluding carboxylic acids is 1. The lowest BCUT2D eigenvalue weighted by atomic mass is 9.89. The summed E-state index contributed by atoms with van der Waals surface area (Å²) in [6.07, 6.45) is -0.978. The summed E-state index contributed by atoms with van der Waals surface area (Å²) >= 11 is 0. The largest absolute Gasteiger partial charge is 0.481 e. The first kappa shape index (κ1) is 23.5. The summed E-state index contributed by atoms with van der Waals surface area (Å²) in [4.78, 5) is 24.4. The van der Waals surface area contributed by atoms with Crippen molar-refractivity contribution >= 4 is 22.8 Å². The van der Waals surface area contributed by atoms with Crippen LogP contribution >= 0.6 is 0 Å². The molecule has 2 saturated carbocycles. The molecule has 2 fully saturated rings. The molecule has 184 valence electrons. The van der Waals surface area contributed by atoms with Crippen molar-refractivity contribution in [3.63, 3.8) is 0 Å². The number of carboxylic acid groups (broad SMARTS) is 1. The van der Waals surface area contributed by atoms with Crippen LogP contribution in [0.3, 0.4) is 0 Å². The average molecular weight is 485 g/mol. The molecule has 2 aliphatic carbocycles. The van der Waals surface area contributed by atoms with Crippen molar-refractivity contribution in [1.29, 1.82) is 0 Å². The van der Waals surface area contributed by atoms with Gasteiger partial charge in [-0.1, -0.05) is 38.1 Å². The molecule has 1 heterocycles. The molecule has 0 saturated heterocycles. The van der Waals surface area contributed by atoms with Crippen LogP contribution in [0.25, 0.3) is 10.9 Å². The van der Waals surface area contributed by atoms with Gasteiger partial charge in [0.15, 0.2) is 0 Å². The Hall–Kier alpha value is -3.29. The molecule has 0 aliphatic heterocycles. The number of carboxylic acids is 1. The third-order valence-electron chi connectivity index (χ3n) is 8.38. The maximum Gasteiger partial charge on any atom is 0.416 e. The molecule has 2 N–H and O–H groups in total. The van der Waals surface area contributed by atoms with Gasteiger partial charge in [0.1, 0.15) is 0 Å². The second kappa shape index (κ2) is 7.86. The van der Waals surface area contributed by atoms with Crippen LogP contribution in [-0.2, 0) is 17.5 Å². The molecule has 5 rings (SSSR count). The first-order valence-corrected chi connectivity index (χ1v) is 11.8. The highest BCUT2D eigenvalue weighted by Crippen LogP contribution is 2.86. The first-order valence-electron chi connectivity index (χ1n) is 11.8. The fourth-order valence-corrected chi connectivity index (χ4v) is 6.19. The lowest BCUT2D eigenvalue weighted by Gasteiger charge is -2.15. The van der Waals surface area contributed by atoms with E-state index in [1.807, 2.05) is 29.0 Å². The summed E-state index contributed by atoms with van der Waals surface area (Å²) in [6.45, 7) is 4.51. The minimum absolute atomic E-state index is 0.0335. The van der Waals surface area contributed by atoms with Gasteiger partial charge >= 0.3 is 12.1 Å². The predicted octanol–water partition coefficient (Wildman–Crippen LogP) is 5.72. The monoisotopic (exact) mass is 484 g/mol. The molecule has 3 aromatic rings. The Kier molecular flexibility index (Phi) is 5.27. The molecule has 1 amide bonds. The number of hydrogen-bond acceptors (Lipinski definition) is 2. The molecule has 35 heavy (non-hydrogen) atoms. The number of amides is 1. The van der Waals surface area contributed by atoms with Gasteiger partial charge in [0.25, 0.3) is 5.91 Å². The van der Waals surface area contributed by atoms with Crippen LogP contribution in [-0.4, -0.2) is 27.1 Å². The fraction of sp³-hybridized carbons (Fsp3) is 0.407. The number of carbonyl (C=O) groups is 2. The van der Waals surface area contributed by atoms with Gasteiger partial charge in [-0.25, -0.2) is 0 Å². The average Bonchev–Trinajstić information content (AvgIpc) is 3.54. The second-order valence-electron chi connectivity index (χ2n) is 10.1. The Morgan fingerprint density at radius 3 is 2.51 bits per heavy atom. The lowest BCUT2D eigenvalue weighted by Crippen LogP contribution is -2.33. The van der Waals surface area contributed by atoms with E-state index in [-0.39, 0.29) is 29.2 Å². The molecular weight excluding hydrogens is 457 g/mol. The third kappa shape index (κ3) is 3.70. The maximum absolute atomic E-state index is 13.4. The Labute approximate surface area is 200 Å². The molecule has 1 aromatic heterocycles. The van der Waals surface area contributed by atoms with E-state index in [1.54, 1.807) is 6.07 Å². The molecule has 4 atom stereocenters. The minimum atomic E-state index is -4.38. The van der Waals surface area contributed by atoms with Gasteiger partial charge < -0.3 is 15.0 Å². The van der Waals surface area contributed by atoms with Gasteiger partial charge in [-0.05, 0) is 54.5 Å². The number of fused-ring (bicyclic) bond motifs is 2. The molecule has 0 radical (unpaired) electrons. The zero-order valence-corrected chi connectivity index (χ0v) is 19.5. The number of nitrogens with zero attached hydrogens (tertiary/aromatic N) is 1. The topological polar surface area (TPSA) is 71.3 Å². The zero-order chi connectivity index (χ0) is 25.2. The highest BCUT2D eigenvalue weighted by Gasteiger charge is 2.90. The summed E-state index contributed by atoms with van der Waals surface area (Å²) in [5.74, 6) is -0.494. The number of aliphatic carboxylic acids is 1. The highest BCUT2D eigenvalue weighted by molar-refractivity contribution is 6.06. The van der Waals surface area contributed by atoms with E-state index in [0.29, 0.717) is 30.0 Å². The number of benzene rings is 2. The van der Waals surface area contributed by atoms with Crippen LogP contribution < -0.4 is 5.32 Å². The normalized spacial score (nSPS) is 25.7. The minimum Gasteiger partial charge on any atom is -0.481 e. The van der Waals surface area contributed by atoms with Crippen molar-refractivity contribution in [1.82, 2.24) is 9.88 Å². The summed E-state index contributed by atoms with van der Waals surface area (Å²) in [5.41, 5.74) is 0.950. The van der Waals surface area contributed by atoms with Gasteiger partial charge in [0.2, 0.25) is 0 Å². The van der Waals surface area contributed by atoms with Crippen LogP contribution in [0.4, 0.5) is 13.2 Å². The van der Waals surface area contributed by atoms with E-state index in [0.717, 1.165) is 29.5 Å². The Balaban J connectivity index is 1.36. The van der Waals surface area contributed by atoms with Crippen molar-refractivity contribution in [3.05, 3.63) is 71.4 Å². The first-order chi connectivity index (χ1) is 16.5. The molecule has 5 nitrogen and oxygen atoms in total. The second-order valence-corrected chi connectivity index (χ2v) is 10.1. The van der Waals surface area contributed by atoms with Gasteiger partial charge in [-0.15, -0.1) is 0 Å². The third-order valence-corrected chi connectivity index (χ3v) is 8.38. The number of aromatic nitrogens is 1. The van der Waals surface area contributed by atoms with E-state index in [9.17, 15) is 22.8 Å². The Morgan fingerprint density at radius 1 is 1.17 bits per heavy atom. The molecule has 1 unspecified atom stereocenters. The quantitative estimate of drug-likeness (QED) is 0.430.